The molecular weight excluding hydrogens is 304 g/mol. The summed E-state index contributed by atoms with van der Waals surface area (Å²) in [4.78, 5) is 25.1. The third-order valence-electron chi connectivity index (χ3n) is 3.47. The summed E-state index contributed by atoms with van der Waals surface area (Å²) in [6.07, 6.45) is 0. The van der Waals surface area contributed by atoms with Crippen molar-refractivity contribution in [3.63, 3.8) is 0 Å². The molecule has 122 valence electrons. The van der Waals surface area contributed by atoms with Gasteiger partial charge in [0, 0.05) is 44.0 Å². The molecule has 1 aliphatic heterocycles. The smallest absolute Gasteiger partial charge is 0.238 e. The molecule has 0 radical (unpaired) electrons. The number of hydrogen-bond donors (Lipinski definition) is 3. The molecule has 1 heterocycles. The summed E-state index contributed by atoms with van der Waals surface area (Å²) >= 11 is 0. The zero-order chi connectivity index (χ0) is 15.2. The molecule has 1 aromatic carbocycles. The molecule has 2 amide bonds. The van der Waals surface area contributed by atoms with Gasteiger partial charge in [0.25, 0.3) is 0 Å². The number of halogens is 1. The number of benzene rings is 1. The Morgan fingerprint density at radius 2 is 1.82 bits per heavy atom. The fourth-order valence-electron chi connectivity index (χ4n) is 2.34. The molecular formula is C15H23ClN4O2. The van der Waals surface area contributed by atoms with Gasteiger partial charge in [0.05, 0.1) is 6.54 Å². The molecule has 0 unspecified atom stereocenters. The van der Waals surface area contributed by atoms with Crippen LogP contribution in [0.1, 0.15) is 13.8 Å². The van der Waals surface area contributed by atoms with E-state index in [0.29, 0.717) is 12.6 Å². The third-order valence-corrected chi connectivity index (χ3v) is 3.47. The van der Waals surface area contributed by atoms with E-state index >= 15 is 0 Å². The van der Waals surface area contributed by atoms with Crippen LogP contribution < -0.4 is 16.0 Å². The molecule has 0 aromatic heterocycles. The standard InChI is InChI=1S/C15H22N4O2.ClH/c1-11-9-16-7-8-19(11)10-15(21)18-14-5-3-13(4-6-14)17-12(2)20;/h3-6,11,16H,7-10H2,1-2H3,(H,17,20)(H,18,21);1H/t11-;/m1./s1. The van der Waals surface area contributed by atoms with E-state index in [-0.39, 0.29) is 24.2 Å². The third kappa shape index (κ3) is 5.63. The average Bonchev–Trinajstić information content (AvgIpc) is 2.43. The molecule has 0 aliphatic carbocycles. The highest BCUT2D eigenvalue weighted by molar-refractivity contribution is 5.93. The van der Waals surface area contributed by atoms with E-state index in [1.807, 2.05) is 0 Å². The normalized spacial score (nSPS) is 18.2. The van der Waals surface area contributed by atoms with Gasteiger partial charge in [0.2, 0.25) is 11.8 Å². The van der Waals surface area contributed by atoms with Crippen LogP contribution in [0.25, 0.3) is 0 Å². The molecule has 1 aromatic rings. The Hall–Kier alpha value is -1.63. The second kappa shape index (κ2) is 8.73. The molecule has 1 atom stereocenters. The Balaban J connectivity index is 0.00000242. The Kier molecular flexibility index (Phi) is 7.31. The van der Waals surface area contributed by atoms with Crippen molar-refractivity contribution in [3.8, 4) is 0 Å². The number of nitrogens with one attached hydrogen (secondary N) is 3. The summed E-state index contributed by atoms with van der Waals surface area (Å²) < 4.78 is 0. The van der Waals surface area contributed by atoms with Crippen LogP contribution in [0.4, 0.5) is 11.4 Å². The molecule has 1 aliphatic rings. The zero-order valence-corrected chi connectivity index (χ0v) is 13.7. The van der Waals surface area contributed by atoms with E-state index in [1.165, 1.54) is 6.92 Å². The van der Waals surface area contributed by atoms with E-state index in [9.17, 15) is 9.59 Å². The first kappa shape index (κ1) is 18.4. The van der Waals surface area contributed by atoms with Crippen molar-refractivity contribution in [2.45, 2.75) is 19.9 Å². The topological polar surface area (TPSA) is 73.5 Å². The molecule has 7 heteroatoms. The van der Waals surface area contributed by atoms with Gasteiger partial charge in [-0.3, -0.25) is 14.5 Å². The lowest BCUT2D eigenvalue weighted by Gasteiger charge is -2.33. The second-order valence-corrected chi connectivity index (χ2v) is 5.33. The van der Waals surface area contributed by atoms with E-state index in [2.05, 4.69) is 27.8 Å². The zero-order valence-electron chi connectivity index (χ0n) is 12.9. The van der Waals surface area contributed by atoms with Crippen LogP contribution in [0.15, 0.2) is 24.3 Å². The lowest BCUT2D eigenvalue weighted by molar-refractivity contribution is -0.118. The lowest BCUT2D eigenvalue weighted by atomic mass is 10.2. The Morgan fingerprint density at radius 3 is 2.36 bits per heavy atom. The van der Waals surface area contributed by atoms with Crippen LogP contribution in [0.5, 0.6) is 0 Å². The number of nitrogens with zero attached hydrogens (tertiary/aromatic N) is 1. The summed E-state index contributed by atoms with van der Waals surface area (Å²) in [5, 5.41) is 8.87. The fourth-order valence-corrected chi connectivity index (χ4v) is 2.34. The predicted octanol–water partition coefficient (Wildman–Crippen LogP) is 1.30. The van der Waals surface area contributed by atoms with Gasteiger partial charge < -0.3 is 16.0 Å². The molecule has 0 spiro atoms. The van der Waals surface area contributed by atoms with E-state index in [1.54, 1.807) is 24.3 Å². The summed E-state index contributed by atoms with van der Waals surface area (Å²) in [7, 11) is 0. The van der Waals surface area contributed by atoms with Crippen molar-refractivity contribution >= 4 is 35.6 Å². The highest BCUT2D eigenvalue weighted by atomic mass is 35.5. The van der Waals surface area contributed by atoms with Crippen LogP contribution >= 0.6 is 12.4 Å². The van der Waals surface area contributed by atoms with Crippen molar-refractivity contribution < 1.29 is 9.59 Å². The van der Waals surface area contributed by atoms with Gasteiger partial charge in [0.15, 0.2) is 0 Å². The summed E-state index contributed by atoms with van der Waals surface area (Å²) in [6, 6.07) is 7.47. The number of carbonyl (C=O) groups excluding carboxylic acids is 2. The number of rotatable bonds is 4. The highest BCUT2D eigenvalue weighted by Crippen LogP contribution is 2.13. The van der Waals surface area contributed by atoms with Crippen LogP contribution in [-0.2, 0) is 9.59 Å². The molecule has 6 nitrogen and oxygen atoms in total. The summed E-state index contributed by atoms with van der Waals surface area (Å²) in [5.74, 6) is -0.129. The Bertz CT molecular complexity index is 507. The number of amides is 2. The van der Waals surface area contributed by atoms with Crippen molar-refractivity contribution in [2.24, 2.45) is 0 Å². The van der Waals surface area contributed by atoms with Gasteiger partial charge in [-0.25, -0.2) is 0 Å². The SMILES string of the molecule is CC(=O)Nc1ccc(NC(=O)CN2CCNC[C@H]2C)cc1.Cl. The average molecular weight is 327 g/mol. The van der Waals surface area contributed by atoms with Gasteiger partial charge in [0.1, 0.15) is 0 Å². The van der Waals surface area contributed by atoms with Gasteiger partial charge >= 0.3 is 0 Å². The number of anilines is 2. The molecule has 0 bridgehead atoms. The molecule has 3 N–H and O–H groups in total. The van der Waals surface area contributed by atoms with Crippen molar-refractivity contribution in [1.29, 1.82) is 0 Å². The minimum Gasteiger partial charge on any atom is -0.326 e. The first-order valence-electron chi connectivity index (χ1n) is 7.17. The van der Waals surface area contributed by atoms with E-state index in [0.717, 1.165) is 31.0 Å². The maximum absolute atomic E-state index is 12.0. The highest BCUT2D eigenvalue weighted by Gasteiger charge is 2.20. The van der Waals surface area contributed by atoms with Crippen molar-refractivity contribution in [3.05, 3.63) is 24.3 Å². The van der Waals surface area contributed by atoms with Gasteiger partial charge in [-0.1, -0.05) is 0 Å². The first-order chi connectivity index (χ1) is 10.0. The van der Waals surface area contributed by atoms with E-state index < -0.39 is 0 Å². The summed E-state index contributed by atoms with van der Waals surface area (Å²) in [6.45, 7) is 6.69. The van der Waals surface area contributed by atoms with Crippen molar-refractivity contribution in [1.82, 2.24) is 10.2 Å². The largest absolute Gasteiger partial charge is 0.326 e. The minimum absolute atomic E-state index is 0. The molecule has 22 heavy (non-hydrogen) atoms. The minimum atomic E-state index is -0.112. The molecule has 0 saturated carbocycles. The van der Waals surface area contributed by atoms with E-state index in [4.69, 9.17) is 0 Å². The van der Waals surface area contributed by atoms with Crippen LogP contribution in [0, 0.1) is 0 Å². The molecule has 1 fully saturated rings. The fraction of sp³-hybridized carbons (Fsp3) is 0.467. The predicted molar refractivity (Wildman–Crippen MR) is 90.5 cm³/mol. The maximum atomic E-state index is 12.0. The summed E-state index contributed by atoms with van der Waals surface area (Å²) in [5.41, 5.74) is 1.45. The number of piperazine rings is 1. The second-order valence-electron chi connectivity index (χ2n) is 5.33. The van der Waals surface area contributed by atoms with Gasteiger partial charge in [-0.05, 0) is 31.2 Å². The van der Waals surface area contributed by atoms with Gasteiger partial charge in [-0.2, -0.15) is 0 Å². The maximum Gasteiger partial charge on any atom is 0.238 e. The van der Waals surface area contributed by atoms with Gasteiger partial charge in [-0.15, -0.1) is 12.4 Å². The first-order valence-corrected chi connectivity index (χ1v) is 7.17. The van der Waals surface area contributed by atoms with Crippen LogP contribution in [0.3, 0.4) is 0 Å². The van der Waals surface area contributed by atoms with Crippen LogP contribution in [0.2, 0.25) is 0 Å². The Morgan fingerprint density at radius 1 is 1.23 bits per heavy atom. The monoisotopic (exact) mass is 326 g/mol. The van der Waals surface area contributed by atoms with Crippen LogP contribution in [-0.4, -0.2) is 48.9 Å². The quantitative estimate of drug-likeness (QED) is 0.780. The number of hydrogen-bond acceptors (Lipinski definition) is 4. The molecule has 1 saturated heterocycles. The van der Waals surface area contributed by atoms with Crippen molar-refractivity contribution in [2.75, 3.05) is 36.8 Å². The molecule has 2 rings (SSSR count). The number of carbonyl (C=O) groups is 2. The Labute approximate surface area is 137 Å². The lowest BCUT2D eigenvalue weighted by Crippen LogP contribution is -2.51.